The van der Waals surface area contributed by atoms with Gasteiger partial charge in [-0.15, -0.1) is 0 Å². The van der Waals surface area contributed by atoms with Gasteiger partial charge in [0.2, 0.25) is 0 Å². The van der Waals surface area contributed by atoms with Crippen molar-refractivity contribution >= 4 is 0 Å². The molecule has 0 spiro atoms. The van der Waals surface area contributed by atoms with E-state index in [1.807, 2.05) is 0 Å². The summed E-state index contributed by atoms with van der Waals surface area (Å²) in [5.41, 5.74) is 0.0422. The maximum Gasteiger partial charge on any atom is 0.0689 e. The monoisotopic (exact) mass is 345 g/mol. The molecule has 0 amide bonds. The summed E-state index contributed by atoms with van der Waals surface area (Å²) in [6, 6.07) is 2.77. The fourth-order valence-corrected chi connectivity index (χ4v) is 5.57. The third-order valence-electron chi connectivity index (χ3n) is 7.62. The summed E-state index contributed by atoms with van der Waals surface area (Å²) in [6.45, 7) is 4.64. The van der Waals surface area contributed by atoms with Gasteiger partial charge in [0.05, 0.1) is 11.5 Å². The van der Waals surface area contributed by atoms with Crippen molar-refractivity contribution in [2.24, 2.45) is 23.2 Å². The molecular formula is C24H43N. The number of hydrogen-bond acceptors (Lipinski definition) is 1. The van der Waals surface area contributed by atoms with Gasteiger partial charge in [-0.25, -0.2) is 0 Å². The van der Waals surface area contributed by atoms with Crippen LogP contribution in [0.3, 0.4) is 0 Å². The molecule has 0 saturated heterocycles. The van der Waals surface area contributed by atoms with Crippen molar-refractivity contribution in [3.8, 4) is 6.07 Å². The van der Waals surface area contributed by atoms with Crippen LogP contribution in [0.5, 0.6) is 0 Å². The summed E-state index contributed by atoms with van der Waals surface area (Å²) in [5.74, 6) is 2.93. The van der Waals surface area contributed by atoms with Gasteiger partial charge in [0.25, 0.3) is 0 Å². The molecule has 2 aliphatic carbocycles. The number of nitrogens with zero attached hydrogens (tertiary/aromatic N) is 1. The maximum atomic E-state index is 9.83. The molecule has 1 nitrogen and oxygen atoms in total. The zero-order valence-electron chi connectivity index (χ0n) is 17.2. The lowest BCUT2D eigenvalue weighted by atomic mass is 9.63. The number of rotatable bonds is 10. The smallest absolute Gasteiger partial charge is 0.0689 e. The van der Waals surface area contributed by atoms with Gasteiger partial charge >= 0.3 is 0 Å². The van der Waals surface area contributed by atoms with E-state index in [9.17, 15) is 5.26 Å². The molecule has 0 aromatic carbocycles. The topological polar surface area (TPSA) is 23.8 Å². The number of hydrogen-bond donors (Lipinski definition) is 0. The summed E-state index contributed by atoms with van der Waals surface area (Å²) in [5, 5.41) is 9.83. The lowest BCUT2D eigenvalue weighted by Crippen LogP contribution is -2.31. The van der Waals surface area contributed by atoms with Crippen molar-refractivity contribution in [3.63, 3.8) is 0 Å². The van der Waals surface area contributed by atoms with Crippen LogP contribution in [0.4, 0.5) is 0 Å². The van der Waals surface area contributed by atoms with Crippen molar-refractivity contribution in [1.29, 1.82) is 5.26 Å². The van der Waals surface area contributed by atoms with Crippen molar-refractivity contribution in [1.82, 2.24) is 0 Å². The number of unbranched alkanes of at least 4 members (excludes halogenated alkanes) is 6. The Balaban J connectivity index is 1.65. The van der Waals surface area contributed by atoms with Crippen LogP contribution in [0.15, 0.2) is 0 Å². The Labute approximate surface area is 158 Å². The van der Waals surface area contributed by atoms with Gasteiger partial charge in [-0.2, -0.15) is 5.26 Å². The quantitative estimate of drug-likeness (QED) is 0.367. The average Bonchev–Trinajstić information content (AvgIpc) is 2.68. The van der Waals surface area contributed by atoms with E-state index in [1.165, 1.54) is 109 Å². The predicted molar refractivity (Wildman–Crippen MR) is 108 cm³/mol. The van der Waals surface area contributed by atoms with Crippen LogP contribution in [-0.4, -0.2) is 0 Å². The Kier molecular flexibility index (Phi) is 9.36. The predicted octanol–water partition coefficient (Wildman–Crippen LogP) is 8.04. The van der Waals surface area contributed by atoms with Crippen LogP contribution < -0.4 is 0 Å². The van der Waals surface area contributed by atoms with Gasteiger partial charge in [-0.1, -0.05) is 78.1 Å². The first kappa shape index (κ1) is 20.8. The average molecular weight is 346 g/mol. The highest BCUT2D eigenvalue weighted by molar-refractivity contribution is 5.02. The summed E-state index contributed by atoms with van der Waals surface area (Å²) < 4.78 is 0. The van der Waals surface area contributed by atoms with E-state index >= 15 is 0 Å². The van der Waals surface area contributed by atoms with Gasteiger partial charge in [-0.3, -0.25) is 0 Å². The third-order valence-corrected chi connectivity index (χ3v) is 7.62. The second-order valence-electron chi connectivity index (χ2n) is 9.29. The van der Waals surface area contributed by atoms with Crippen molar-refractivity contribution in [3.05, 3.63) is 0 Å². The van der Waals surface area contributed by atoms with Crippen molar-refractivity contribution in [2.75, 3.05) is 0 Å². The zero-order valence-corrected chi connectivity index (χ0v) is 17.2. The summed E-state index contributed by atoms with van der Waals surface area (Å²) in [7, 11) is 0. The first-order chi connectivity index (χ1) is 12.2. The molecule has 0 atom stereocenters. The van der Waals surface area contributed by atoms with E-state index < -0.39 is 0 Å². The molecule has 0 aromatic rings. The Morgan fingerprint density at radius 1 is 0.760 bits per heavy atom. The first-order valence-corrected chi connectivity index (χ1v) is 11.6. The van der Waals surface area contributed by atoms with Gasteiger partial charge < -0.3 is 0 Å². The molecule has 0 unspecified atom stereocenters. The molecule has 0 heterocycles. The molecule has 2 fully saturated rings. The Hall–Kier alpha value is -0.510. The molecule has 0 bridgehead atoms. The highest BCUT2D eigenvalue weighted by atomic mass is 14.4. The van der Waals surface area contributed by atoms with Gasteiger partial charge in [-0.05, 0) is 62.7 Å². The molecule has 144 valence electrons. The van der Waals surface area contributed by atoms with E-state index in [1.54, 1.807) is 0 Å². The van der Waals surface area contributed by atoms with Crippen LogP contribution in [-0.2, 0) is 0 Å². The minimum absolute atomic E-state index is 0.0422. The van der Waals surface area contributed by atoms with Crippen LogP contribution in [0.25, 0.3) is 0 Å². The van der Waals surface area contributed by atoms with Crippen LogP contribution in [0.1, 0.15) is 123 Å². The van der Waals surface area contributed by atoms with E-state index in [0.717, 1.165) is 17.8 Å². The zero-order chi connectivity index (χ0) is 18.0. The third kappa shape index (κ3) is 6.62. The summed E-state index contributed by atoms with van der Waals surface area (Å²) in [6.07, 6.45) is 23.0. The van der Waals surface area contributed by atoms with Gasteiger partial charge in [0.15, 0.2) is 0 Å². The standard InChI is InChI=1S/C24H43N/c1-3-5-6-7-8-9-10-17-24(20-25)18-15-23(16-19-24)22-13-11-21(4-2)12-14-22/h21-23H,3-19H2,1-2H3/t21?,22?,23-,24+. The Morgan fingerprint density at radius 2 is 1.32 bits per heavy atom. The maximum absolute atomic E-state index is 9.83. The molecule has 2 aliphatic rings. The molecule has 0 aromatic heterocycles. The lowest BCUT2D eigenvalue weighted by molar-refractivity contribution is 0.116. The molecule has 0 N–H and O–H groups in total. The highest BCUT2D eigenvalue weighted by Crippen LogP contribution is 2.47. The van der Waals surface area contributed by atoms with Gasteiger partial charge in [0.1, 0.15) is 0 Å². The van der Waals surface area contributed by atoms with E-state index in [-0.39, 0.29) is 5.41 Å². The largest absolute Gasteiger partial charge is 0.198 e. The highest BCUT2D eigenvalue weighted by Gasteiger charge is 2.38. The van der Waals surface area contributed by atoms with Crippen LogP contribution in [0, 0.1) is 34.5 Å². The van der Waals surface area contributed by atoms with Gasteiger partial charge in [0, 0.05) is 0 Å². The Bertz CT molecular complexity index is 377. The Morgan fingerprint density at radius 3 is 1.88 bits per heavy atom. The molecule has 2 rings (SSSR count). The molecule has 0 radical (unpaired) electrons. The fraction of sp³-hybridized carbons (Fsp3) is 0.958. The molecule has 0 aliphatic heterocycles. The van der Waals surface area contributed by atoms with Crippen molar-refractivity contribution in [2.45, 2.75) is 123 Å². The lowest BCUT2D eigenvalue weighted by Gasteiger charge is -2.40. The summed E-state index contributed by atoms with van der Waals surface area (Å²) in [4.78, 5) is 0. The molecule has 1 heteroatoms. The minimum atomic E-state index is 0.0422. The second kappa shape index (κ2) is 11.3. The molecular weight excluding hydrogens is 302 g/mol. The molecule has 25 heavy (non-hydrogen) atoms. The van der Waals surface area contributed by atoms with E-state index in [4.69, 9.17) is 0 Å². The van der Waals surface area contributed by atoms with Crippen molar-refractivity contribution < 1.29 is 0 Å². The SMILES string of the molecule is CCCCCCCCC[C@]1(C#N)CC[C@@H](C2CCC(CC)CC2)CC1. The fourth-order valence-electron chi connectivity index (χ4n) is 5.57. The van der Waals surface area contributed by atoms with Crippen LogP contribution >= 0.6 is 0 Å². The first-order valence-electron chi connectivity index (χ1n) is 11.6. The molecule has 2 saturated carbocycles. The summed E-state index contributed by atoms with van der Waals surface area (Å²) >= 11 is 0. The normalized spacial score (nSPS) is 33.1. The number of nitriles is 1. The van der Waals surface area contributed by atoms with E-state index in [0.29, 0.717) is 0 Å². The minimum Gasteiger partial charge on any atom is -0.198 e. The van der Waals surface area contributed by atoms with Crippen LogP contribution in [0.2, 0.25) is 0 Å². The second-order valence-corrected chi connectivity index (χ2v) is 9.29. The van der Waals surface area contributed by atoms with E-state index in [2.05, 4.69) is 19.9 Å².